The highest BCUT2D eigenvalue weighted by Gasteiger charge is 1.96. The molecule has 0 saturated carbocycles. The lowest BCUT2D eigenvalue weighted by atomic mass is 10.0. The minimum absolute atomic E-state index is 0.328. The van der Waals surface area contributed by atoms with Crippen LogP contribution in [0.3, 0.4) is 0 Å². The van der Waals surface area contributed by atoms with Crippen molar-refractivity contribution in [3.8, 4) is 5.75 Å². The summed E-state index contributed by atoms with van der Waals surface area (Å²) in [6.07, 6.45) is 13.8. The standard InChI is InChI=1S/C20H35NO/c1-18(2)12-10-8-6-4-3-5-7-9-11-17-21-19-13-15-20(22)16-14-19/h13-16,18,21-22H,3-12,17H2,1-2H3. The number of anilines is 1. The molecule has 1 aromatic carbocycles. The Kier molecular flexibility index (Phi) is 10.6. The smallest absolute Gasteiger partial charge is 0.115 e. The van der Waals surface area contributed by atoms with Gasteiger partial charge < -0.3 is 10.4 Å². The van der Waals surface area contributed by atoms with E-state index in [4.69, 9.17) is 0 Å². The number of phenolic OH excluding ortho intramolecular Hbond substituents is 1. The van der Waals surface area contributed by atoms with Crippen molar-refractivity contribution in [3.63, 3.8) is 0 Å². The Morgan fingerprint density at radius 1 is 0.773 bits per heavy atom. The highest BCUT2D eigenvalue weighted by Crippen LogP contribution is 2.15. The number of benzene rings is 1. The van der Waals surface area contributed by atoms with Gasteiger partial charge in [0.2, 0.25) is 0 Å². The van der Waals surface area contributed by atoms with Crippen molar-refractivity contribution >= 4 is 5.69 Å². The molecule has 1 rings (SSSR count). The molecule has 0 aliphatic heterocycles. The van der Waals surface area contributed by atoms with Crippen molar-refractivity contribution < 1.29 is 5.11 Å². The molecule has 0 heterocycles. The van der Waals surface area contributed by atoms with E-state index in [0.29, 0.717) is 5.75 Å². The van der Waals surface area contributed by atoms with Crippen LogP contribution in [0, 0.1) is 5.92 Å². The summed E-state index contributed by atoms with van der Waals surface area (Å²) in [7, 11) is 0. The second-order valence-corrected chi connectivity index (χ2v) is 6.84. The highest BCUT2D eigenvalue weighted by molar-refractivity contribution is 5.45. The average Bonchev–Trinajstić information content (AvgIpc) is 2.50. The third kappa shape index (κ3) is 10.5. The van der Waals surface area contributed by atoms with Crippen molar-refractivity contribution in [3.05, 3.63) is 24.3 Å². The molecule has 0 amide bonds. The number of phenols is 1. The second-order valence-electron chi connectivity index (χ2n) is 6.84. The lowest BCUT2D eigenvalue weighted by Gasteiger charge is -2.06. The highest BCUT2D eigenvalue weighted by atomic mass is 16.3. The number of unbranched alkanes of at least 4 members (excludes halogenated alkanes) is 8. The first-order chi connectivity index (χ1) is 10.7. The number of nitrogens with one attached hydrogen (secondary N) is 1. The van der Waals surface area contributed by atoms with E-state index in [0.717, 1.165) is 18.2 Å². The molecule has 0 unspecified atom stereocenters. The van der Waals surface area contributed by atoms with Crippen LogP contribution in [0.15, 0.2) is 24.3 Å². The molecule has 0 aliphatic carbocycles. The fraction of sp³-hybridized carbons (Fsp3) is 0.700. The zero-order chi connectivity index (χ0) is 16.0. The Morgan fingerprint density at radius 3 is 1.82 bits per heavy atom. The van der Waals surface area contributed by atoms with Gasteiger partial charge in [0.1, 0.15) is 5.75 Å². The summed E-state index contributed by atoms with van der Waals surface area (Å²) in [5, 5.41) is 12.6. The predicted octanol–water partition coefficient (Wildman–Crippen LogP) is 6.36. The van der Waals surface area contributed by atoms with Crippen molar-refractivity contribution in [1.82, 2.24) is 0 Å². The van der Waals surface area contributed by atoms with Crippen LogP contribution in [0.1, 0.15) is 78.1 Å². The molecule has 0 fully saturated rings. The maximum absolute atomic E-state index is 9.21. The van der Waals surface area contributed by atoms with Gasteiger partial charge in [-0.3, -0.25) is 0 Å². The van der Waals surface area contributed by atoms with E-state index in [2.05, 4.69) is 19.2 Å². The first-order valence-corrected chi connectivity index (χ1v) is 9.21. The largest absolute Gasteiger partial charge is 0.508 e. The van der Waals surface area contributed by atoms with Gasteiger partial charge in [-0.05, 0) is 36.6 Å². The second kappa shape index (κ2) is 12.4. The van der Waals surface area contributed by atoms with E-state index in [1.807, 2.05) is 12.1 Å². The predicted molar refractivity (Wildman–Crippen MR) is 97.6 cm³/mol. The topological polar surface area (TPSA) is 32.3 Å². The van der Waals surface area contributed by atoms with Gasteiger partial charge >= 0.3 is 0 Å². The van der Waals surface area contributed by atoms with E-state index >= 15 is 0 Å². The van der Waals surface area contributed by atoms with Crippen molar-refractivity contribution in [1.29, 1.82) is 0 Å². The molecular weight excluding hydrogens is 270 g/mol. The molecule has 0 bridgehead atoms. The Balaban J connectivity index is 1.81. The van der Waals surface area contributed by atoms with Crippen LogP contribution < -0.4 is 5.32 Å². The van der Waals surface area contributed by atoms with Crippen LogP contribution in [0.25, 0.3) is 0 Å². The van der Waals surface area contributed by atoms with Gasteiger partial charge in [0.05, 0.1) is 0 Å². The lowest BCUT2D eigenvalue weighted by molar-refractivity contribution is 0.475. The Morgan fingerprint density at radius 2 is 1.27 bits per heavy atom. The number of rotatable bonds is 13. The van der Waals surface area contributed by atoms with E-state index in [1.165, 1.54) is 64.2 Å². The lowest BCUT2D eigenvalue weighted by Crippen LogP contribution is -2.00. The normalized spacial score (nSPS) is 11.0. The van der Waals surface area contributed by atoms with Crippen LogP contribution in [-0.4, -0.2) is 11.7 Å². The van der Waals surface area contributed by atoms with Crippen LogP contribution in [-0.2, 0) is 0 Å². The molecule has 0 aromatic heterocycles. The minimum atomic E-state index is 0.328. The Bertz CT molecular complexity index is 358. The summed E-state index contributed by atoms with van der Waals surface area (Å²) < 4.78 is 0. The monoisotopic (exact) mass is 305 g/mol. The Labute approximate surface area is 137 Å². The van der Waals surface area contributed by atoms with Gasteiger partial charge in [0.25, 0.3) is 0 Å². The molecule has 2 heteroatoms. The quantitative estimate of drug-likeness (QED) is 0.328. The third-order valence-corrected chi connectivity index (χ3v) is 4.15. The van der Waals surface area contributed by atoms with Gasteiger partial charge in [-0.15, -0.1) is 0 Å². The molecule has 1 aromatic rings. The molecule has 2 nitrogen and oxygen atoms in total. The third-order valence-electron chi connectivity index (χ3n) is 4.15. The van der Waals surface area contributed by atoms with E-state index in [1.54, 1.807) is 12.1 Å². The van der Waals surface area contributed by atoms with Gasteiger partial charge in [0.15, 0.2) is 0 Å². The molecular formula is C20H35NO. The van der Waals surface area contributed by atoms with E-state index in [-0.39, 0.29) is 0 Å². The first kappa shape index (κ1) is 18.9. The molecule has 2 N–H and O–H groups in total. The van der Waals surface area contributed by atoms with Crippen LogP contribution in [0.4, 0.5) is 5.69 Å². The maximum atomic E-state index is 9.21. The molecule has 0 aliphatic rings. The van der Waals surface area contributed by atoms with Gasteiger partial charge in [-0.25, -0.2) is 0 Å². The number of aromatic hydroxyl groups is 1. The van der Waals surface area contributed by atoms with Gasteiger partial charge in [0, 0.05) is 12.2 Å². The van der Waals surface area contributed by atoms with Crippen LogP contribution >= 0.6 is 0 Å². The van der Waals surface area contributed by atoms with Gasteiger partial charge in [-0.1, -0.05) is 71.6 Å². The number of hydrogen-bond donors (Lipinski definition) is 2. The zero-order valence-corrected chi connectivity index (χ0v) is 14.6. The van der Waals surface area contributed by atoms with Crippen molar-refractivity contribution in [2.24, 2.45) is 5.92 Å². The van der Waals surface area contributed by atoms with Crippen molar-refractivity contribution in [2.45, 2.75) is 78.1 Å². The van der Waals surface area contributed by atoms with Gasteiger partial charge in [-0.2, -0.15) is 0 Å². The summed E-state index contributed by atoms with van der Waals surface area (Å²) in [5.74, 6) is 1.20. The van der Waals surface area contributed by atoms with Crippen molar-refractivity contribution in [2.75, 3.05) is 11.9 Å². The first-order valence-electron chi connectivity index (χ1n) is 9.21. The summed E-state index contributed by atoms with van der Waals surface area (Å²) in [6, 6.07) is 7.30. The van der Waals surface area contributed by atoms with Crippen LogP contribution in [0.2, 0.25) is 0 Å². The summed E-state index contributed by atoms with van der Waals surface area (Å²) in [5.41, 5.74) is 1.10. The van der Waals surface area contributed by atoms with E-state index in [9.17, 15) is 5.11 Å². The fourth-order valence-electron chi connectivity index (χ4n) is 2.73. The molecule has 126 valence electrons. The molecule has 0 saturated heterocycles. The SMILES string of the molecule is CC(C)CCCCCCCCCCCNc1ccc(O)cc1. The zero-order valence-electron chi connectivity index (χ0n) is 14.6. The molecule has 0 spiro atoms. The van der Waals surface area contributed by atoms with E-state index < -0.39 is 0 Å². The maximum Gasteiger partial charge on any atom is 0.115 e. The molecule has 0 atom stereocenters. The summed E-state index contributed by atoms with van der Waals surface area (Å²) >= 11 is 0. The molecule has 0 radical (unpaired) electrons. The number of hydrogen-bond acceptors (Lipinski definition) is 2. The fourth-order valence-corrected chi connectivity index (χ4v) is 2.73. The van der Waals surface area contributed by atoms with Crippen LogP contribution in [0.5, 0.6) is 5.75 Å². The Hall–Kier alpha value is -1.18. The summed E-state index contributed by atoms with van der Waals surface area (Å²) in [6.45, 7) is 5.66. The average molecular weight is 306 g/mol. The minimum Gasteiger partial charge on any atom is -0.508 e. The molecule has 22 heavy (non-hydrogen) atoms. The summed E-state index contributed by atoms with van der Waals surface area (Å²) in [4.78, 5) is 0.